The number of rotatable bonds is 4. The quantitative estimate of drug-likeness (QED) is 0.572. The predicted molar refractivity (Wildman–Crippen MR) is 83.1 cm³/mol. The summed E-state index contributed by atoms with van der Waals surface area (Å²) in [6.45, 7) is 0.391. The Morgan fingerprint density at radius 2 is 1.81 bits per heavy atom. The van der Waals surface area contributed by atoms with E-state index in [4.69, 9.17) is 22.2 Å². The lowest BCUT2D eigenvalue weighted by Gasteiger charge is -2.10. The van der Waals surface area contributed by atoms with Crippen molar-refractivity contribution in [1.82, 2.24) is 9.97 Å². The molecular weight excluding hydrogens is 288 g/mol. The summed E-state index contributed by atoms with van der Waals surface area (Å²) in [6.07, 6.45) is 0. The summed E-state index contributed by atoms with van der Waals surface area (Å²) < 4.78 is 5.80. The Kier molecular flexibility index (Phi) is 3.85. The highest BCUT2D eigenvalue weighted by molar-refractivity contribution is 6.30. The topological polar surface area (TPSA) is 73.1 Å². The second kappa shape index (κ2) is 5.95. The lowest BCUT2D eigenvalue weighted by molar-refractivity contribution is 0.298. The number of hydrazine groups is 1. The lowest BCUT2D eigenvalue weighted by Crippen LogP contribution is -2.11. The number of halogens is 1. The molecule has 6 heteroatoms. The molecule has 0 aliphatic carbocycles. The highest BCUT2D eigenvalue weighted by atomic mass is 35.5. The summed E-state index contributed by atoms with van der Waals surface area (Å²) in [5.41, 5.74) is 4.22. The molecule has 0 unspecified atom stereocenters. The number of nitrogens with zero attached hydrogens (tertiary/aromatic N) is 2. The van der Waals surface area contributed by atoms with Crippen molar-refractivity contribution in [3.63, 3.8) is 0 Å². The van der Waals surface area contributed by atoms with Crippen LogP contribution in [-0.2, 0) is 6.61 Å². The zero-order chi connectivity index (χ0) is 14.7. The third-order valence-electron chi connectivity index (χ3n) is 2.99. The molecule has 0 fully saturated rings. The second-order valence-electron chi connectivity index (χ2n) is 4.43. The number of ether oxygens (including phenoxy) is 1. The van der Waals surface area contributed by atoms with Crippen molar-refractivity contribution >= 4 is 28.5 Å². The molecule has 2 aromatic carbocycles. The molecule has 3 N–H and O–H groups in total. The summed E-state index contributed by atoms with van der Waals surface area (Å²) in [5, 5.41) is 1.53. The fourth-order valence-corrected chi connectivity index (χ4v) is 2.08. The van der Waals surface area contributed by atoms with Crippen molar-refractivity contribution in [1.29, 1.82) is 0 Å². The van der Waals surface area contributed by atoms with E-state index >= 15 is 0 Å². The van der Waals surface area contributed by atoms with Gasteiger partial charge in [0.05, 0.1) is 10.9 Å². The average molecular weight is 301 g/mol. The number of benzene rings is 2. The molecule has 1 heterocycles. The highest BCUT2D eigenvalue weighted by Gasteiger charge is 2.08. The van der Waals surface area contributed by atoms with Crippen molar-refractivity contribution in [2.45, 2.75) is 6.61 Å². The van der Waals surface area contributed by atoms with E-state index in [0.29, 0.717) is 23.5 Å². The molecule has 0 saturated carbocycles. The molecule has 3 rings (SSSR count). The van der Waals surface area contributed by atoms with Crippen molar-refractivity contribution in [2.24, 2.45) is 5.84 Å². The Hall–Kier alpha value is -2.37. The maximum Gasteiger partial charge on any atom is 0.241 e. The Balaban J connectivity index is 1.90. The first-order valence-electron chi connectivity index (χ1n) is 6.37. The molecular formula is C15H13ClN4O. The zero-order valence-electron chi connectivity index (χ0n) is 11.1. The summed E-state index contributed by atoms with van der Waals surface area (Å²) in [7, 11) is 0. The summed E-state index contributed by atoms with van der Waals surface area (Å²) in [4.78, 5) is 8.53. The minimum Gasteiger partial charge on any atom is -0.472 e. The van der Waals surface area contributed by atoms with Crippen LogP contribution in [0.3, 0.4) is 0 Å². The van der Waals surface area contributed by atoms with Crippen molar-refractivity contribution in [3.8, 4) is 5.88 Å². The third kappa shape index (κ3) is 3.04. The van der Waals surface area contributed by atoms with Gasteiger partial charge >= 0.3 is 0 Å². The first-order valence-corrected chi connectivity index (χ1v) is 6.75. The summed E-state index contributed by atoms with van der Waals surface area (Å²) in [5.74, 6) is 6.20. The average Bonchev–Trinajstić information content (AvgIpc) is 2.53. The zero-order valence-corrected chi connectivity index (χ0v) is 11.8. The molecule has 0 radical (unpaired) electrons. The van der Waals surface area contributed by atoms with Crippen molar-refractivity contribution < 1.29 is 4.74 Å². The van der Waals surface area contributed by atoms with Gasteiger partial charge in [0.1, 0.15) is 6.61 Å². The molecule has 0 saturated heterocycles. The van der Waals surface area contributed by atoms with Gasteiger partial charge in [0.2, 0.25) is 11.8 Å². The molecule has 5 nitrogen and oxygen atoms in total. The Morgan fingerprint density at radius 3 is 2.57 bits per heavy atom. The van der Waals surface area contributed by atoms with Crippen LogP contribution in [0.5, 0.6) is 5.88 Å². The third-order valence-corrected chi connectivity index (χ3v) is 3.24. The van der Waals surface area contributed by atoms with Crippen LogP contribution >= 0.6 is 11.6 Å². The number of para-hydroxylation sites is 1. The van der Waals surface area contributed by atoms with Crippen LogP contribution in [0.2, 0.25) is 5.02 Å². The van der Waals surface area contributed by atoms with Gasteiger partial charge in [0.25, 0.3) is 0 Å². The highest BCUT2D eigenvalue weighted by Crippen LogP contribution is 2.24. The first kappa shape index (κ1) is 13.6. The normalized spacial score (nSPS) is 10.6. The molecule has 0 amide bonds. The monoisotopic (exact) mass is 300 g/mol. The number of anilines is 1. The van der Waals surface area contributed by atoms with Crippen LogP contribution < -0.4 is 16.0 Å². The van der Waals surface area contributed by atoms with E-state index in [1.54, 1.807) is 0 Å². The molecule has 0 bridgehead atoms. The van der Waals surface area contributed by atoms with E-state index in [1.165, 1.54) is 0 Å². The van der Waals surface area contributed by atoms with Gasteiger partial charge in [0.15, 0.2) is 0 Å². The number of fused-ring (bicyclic) bond motifs is 1. The van der Waals surface area contributed by atoms with Crippen LogP contribution in [0.15, 0.2) is 48.5 Å². The predicted octanol–water partition coefficient (Wildman–Crippen LogP) is 3.15. The van der Waals surface area contributed by atoms with Gasteiger partial charge in [0, 0.05) is 5.02 Å². The molecule has 0 aliphatic heterocycles. The standard InChI is InChI=1S/C15H13ClN4O/c16-11-7-5-10(6-8-11)9-21-14-12-3-1-2-4-13(12)18-15(19-14)20-17/h1-8H,9,17H2,(H,18,19,20). The Bertz CT molecular complexity index is 761. The fourth-order valence-electron chi connectivity index (χ4n) is 1.95. The largest absolute Gasteiger partial charge is 0.472 e. The molecule has 1 aromatic heterocycles. The van der Waals surface area contributed by atoms with E-state index in [9.17, 15) is 0 Å². The van der Waals surface area contributed by atoms with Crippen LogP contribution in [0.4, 0.5) is 5.95 Å². The maximum absolute atomic E-state index is 5.86. The van der Waals surface area contributed by atoms with E-state index in [1.807, 2.05) is 48.5 Å². The lowest BCUT2D eigenvalue weighted by atomic mass is 10.2. The van der Waals surface area contributed by atoms with Crippen LogP contribution in [0.25, 0.3) is 10.9 Å². The molecule has 0 spiro atoms. The van der Waals surface area contributed by atoms with Gasteiger partial charge in [-0.05, 0) is 29.8 Å². The second-order valence-corrected chi connectivity index (χ2v) is 4.87. The van der Waals surface area contributed by atoms with E-state index < -0.39 is 0 Å². The molecule has 21 heavy (non-hydrogen) atoms. The number of nitrogen functional groups attached to an aromatic ring is 1. The van der Waals surface area contributed by atoms with Gasteiger partial charge < -0.3 is 4.74 Å². The Labute approximate surface area is 126 Å². The Morgan fingerprint density at radius 1 is 1.05 bits per heavy atom. The van der Waals surface area contributed by atoms with E-state index in [-0.39, 0.29) is 0 Å². The van der Waals surface area contributed by atoms with E-state index in [2.05, 4.69) is 15.4 Å². The number of nitrogens with one attached hydrogen (secondary N) is 1. The van der Waals surface area contributed by atoms with Gasteiger partial charge in [-0.1, -0.05) is 35.9 Å². The van der Waals surface area contributed by atoms with Gasteiger partial charge in [-0.3, -0.25) is 5.43 Å². The van der Waals surface area contributed by atoms with Crippen molar-refractivity contribution in [3.05, 3.63) is 59.1 Å². The fraction of sp³-hybridized carbons (Fsp3) is 0.0667. The van der Waals surface area contributed by atoms with Crippen molar-refractivity contribution in [2.75, 3.05) is 5.43 Å². The minimum absolute atomic E-state index is 0.319. The summed E-state index contributed by atoms with van der Waals surface area (Å²) in [6, 6.07) is 15.1. The van der Waals surface area contributed by atoms with Gasteiger partial charge in [-0.2, -0.15) is 4.98 Å². The van der Waals surface area contributed by atoms with Crippen LogP contribution in [0, 0.1) is 0 Å². The SMILES string of the molecule is NNc1nc(OCc2ccc(Cl)cc2)c2ccccc2n1. The molecule has 0 aliphatic rings. The number of nitrogens with two attached hydrogens (primary N) is 1. The maximum atomic E-state index is 5.86. The molecule has 3 aromatic rings. The molecule has 106 valence electrons. The van der Waals surface area contributed by atoms with Crippen LogP contribution in [0.1, 0.15) is 5.56 Å². The summed E-state index contributed by atoms with van der Waals surface area (Å²) >= 11 is 5.86. The number of hydrogen-bond acceptors (Lipinski definition) is 5. The first-order chi connectivity index (χ1) is 10.3. The number of hydrogen-bond donors (Lipinski definition) is 2. The van der Waals surface area contributed by atoms with Gasteiger partial charge in [-0.25, -0.2) is 10.8 Å². The minimum atomic E-state index is 0.319. The molecule has 0 atom stereocenters. The number of aromatic nitrogens is 2. The van der Waals surface area contributed by atoms with E-state index in [0.717, 1.165) is 16.5 Å². The van der Waals surface area contributed by atoms with Gasteiger partial charge in [-0.15, -0.1) is 0 Å². The smallest absolute Gasteiger partial charge is 0.241 e. The van der Waals surface area contributed by atoms with Crippen LogP contribution in [-0.4, -0.2) is 9.97 Å².